The molecule has 0 saturated heterocycles. The molecule has 0 spiro atoms. The fourth-order valence-corrected chi connectivity index (χ4v) is 3.20. The number of nitrogen functional groups attached to an aromatic ring is 1. The van der Waals surface area contributed by atoms with Crippen molar-refractivity contribution in [2.24, 2.45) is 0 Å². The van der Waals surface area contributed by atoms with Crippen molar-refractivity contribution in [3.63, 3.8) is 0 Å². The zero-order valence-electron chi connectivity index (χ0n) is 10.8. The third-order valence-corrected chi connectivity index (χ3v) is 4.21. The molecule has 2 nitrogen and oxygen atoms in total. The third kappa shape index (κ3) is 1.98. The summed E-state index contributed by atoms with van der Waals surface area (Å²) in [7, 11) is 0. The lowest BCUT2D eigenvalue weighted by molar-refractivity contribution is 0.103. The number of hydrogen-bond acceptors (Lipinski definition) is 3. The number of fused-ring (bicyclic) bond motifs is 1. The third-order valence-electron chi connectivity index (χ3n) is 3.25. The van der Waals surface area contributed by atoms with E-state index in [1.807, 2.05) is 24.3 Å². The highest BCUT2D eigenvalue weighted by atomic mass is 32.1. The number of nitrogens with two attached hydrogens (primary N) is 1. The Hall–Kier alpha value is -2.20. The van der Waals surface area contributed by atoms with Gasteiger partial charge in [-0.2, -0.15) is 0 Å². The lowest BCUT2D eigenvalue weighted by Crippen LogP contribution is -2.06. The van der Waals surface area contributed by atoms with Gasteiger partial charge in [0, 0.05) is 26.7 Å². The molecule has 0 aliphatic rings. The minimum absolute atomic E-state index is 0.0334. The molecule has 0 atom stereocenters. The van der Waals surface area contributed by atoms with Crippen molar-refractivity contribution < 1.29 is 9.18 Å². The maximum Gasteiger partial charge on any atom is 0.197 e. The van der Waals surface area contributed by atoms with Gasteiger partial charge in [0.25, 0.3) is 0 Å². The molecule has 100 valence electrons. The van der Waals surface area contributed by atoms with E-state index in [2.05, 4.69) is 0 Å². The molecule has 1 heterocycles. The van der Waals surface area contributed by atoms with Crippen molar-refractivity contribution in [3.05, 3.63) is 64.3 Å². The number of carbonyl (C=O) groups is 1. The van der Waals surface area contributed by atoms with Crippen LogP contribution in [0.25, 0.3) is 10.1 Å². The second-order valence-corrected chi connectivity index (χ2v) is 5.59. The standard InChI is InChI=1S/C16H12FNOS/c1-9-6-10(18)7-12(15(9)17)16(19)13-8-20-14-5-3-2-4-11(13)14/h2-8H,18H2,1H3. The van der Waals surface area contributed by atoms with E-state index in [9.17, 15) is 9.18 Å². The lowest BCUT2D eigenvalue weighted by atomic mass is 9.99. The van der Waals surface area contributed by atoms with Crippen LogP contribution in [0.3, 0.4) is 0 Å². The number of anilines is 1. The monoisotopic (exact) mass is 285 g/mol. The summed E-state index contributed by atoms with van der Waals surface area (Å²) in [5.74, 6) is -0.824. The van der Waals surface area contributed by atoms with Gasteiger partial charge in [0.2, 0.25) is 0 Å². The van der Waals surface area contributed by atoms with E-state index >= 15 is 0 Å². The van der Waals surface area contributed by atoms with E-state index in [0.717, 1.165) is 10.1 Å². The van der Waals surface area contributed by atoms with Gasteiger partial charge < -0.3 is 5.73 Å². The zero-order chi connectivity index (χ0) is 14.3. The van der Waals surface area contributed by atoms with Crippen LogP contribution in [0, 0.1) is 12.7 Å². The first kappa shape index (κ1) is 12.8. The summed E-state index contributed by atoms with van der Waals surface area (Å²) >= 11 is 1.48. The van der Waals surface area contributed by atoms with Crippen LogP contribution in [0.2, 0.25) is 0 Å². The quantitative estimate of drug-likeness (QED) is 0.567. The molecule has 2 N–H and O–H groups in total. The molecule has 0 bridgehead atoms. The first-order valence-corrected chi connectivity index (χ1v) is 7.02. The first-order valence-electron chi connectivity index (χ1n) is 6.14. The van der Waals surface area contributed by atoms with E-state index in [4.69, 9.17) is 5.73 Å². The summed E-state index contributed by atoms with van der Waals surface area (Å²) < 4.78 is 15.2. The minimum Gasteiger partial charge on any atom is -0.399 e. The Morgan fingerprint density at radius 1 is 1.20 bits per heavy atom. The Morgan fingerprint density at radius 2 is 1.95 bits per heavy atom. The van der Waals surface area contributed by atoms with Crippen molar-refractivity contribution in [1.29, 1.82) is 0 Å². The fourth-order valence-electron chi connectivity index (χ4n) is 2.26. The molecule has 0 radical (unpaired) electrons. The summed E-state index contributed by atoms with van der Waals surface area (Å²) in [6.07, 6.45) is 0. The largest absolute Gasteiger partial charge is 0.399 e. The lowest BCUT2D eigenvalue weighted by Gasteiger charge is -2.06. The summed E-state index contributed by atoms with van der Waals surface area (Å²) in [6, 6.07) is 10.5. The fraction of sp³-hybridized carbons (Fsp3) is 0.0625. The number of halogens is 1. The van der Waals surface area contributed by atoms with E-state index in [-0.39, 0.29) is 11.3 Å². The van der Waals surface area contributed by atoms with Crippen LogP contribution in [-0.2, 0) is 0 Å². The molecule has 20 heavy (non-hydrogen) atoms. The SMILES string of the molecule is Cc1cc(N)cc(C(=O)c2csc3ccccc23)c1F. The van der Waals surface area contributed by atoms with Crippen molar-refractivity contribution in [2.45, 2.75) is 6.92 Å². The summed E-state index contributed by atoms with van der Waals surface area (Å²) in [5.41, 5.74) is 7.05. The van der Waals surface area contributed by atoms with Crippen molar-refractivity contribution in [1.82, 2.24) is 0 Å². The van der Waals surface area contributed by atoms with Crippen LogP contribution in [0.15, 0.2) is 41.8 Å². The number of ketones is 1. The number of benzene rings is 2. The van der Waals surface area contributed by atoms with Gasteiger partial charge in [-0.15, -0.1) is 11.3 Å². The molecule has 1 aromatic heterocycles. The van der Waals surface area contributed by atoms with Crippen LogP contribution in [0.5, 0.6) is 0 Å². The topological polar surface area (TPSA) is 43.1 Å². The molecular formula is C16H12FNOS. The minimum atomic E-state index is -0.500. The van der Waals surface area contributed by atoms with Crippen molar-refractivity contribution in [3.8, 4) is 0 Å². The number of hydrogen-bond donors (Lipinski definition) is 1. The van der Waals surface area contributed by atoms with Gasteiger partial charge in [-0.25, -0.2) is 4.39 Å². The molecule has 0 aliphatic carbocycles. The maximum absolute atomic E-state index is 14.2. The van der Waals surface area contributed by atoms with E-state index in [0.29, 0.717) is 16.8 Å². The highest BCUT2D eigenvalue weighted by Gasteiger charge is 2.19. The van der Waals surface area contributed by atoms with Crippen molar-refractivity contribution >= 4 is 32.9 Å². The van der Waals surface area contributed by atoms with Crippen LogP contribution in [-0.4, -0.2) is 5.78 Å². The van der Waals surface area contributed by atoms with E-state index in [1.165, 1.54) is 23.5 Å². The molecule has 2 aromatic carbocycles. The average Bonchev–Trinajstić information content (AvgIpc) is 2.86. The van der Waals surface area contributed by atoms with Gasteiger partial charge >= 0.3 is 0 Å². The molecule has 0 amide bonds. The number of aryl methyl sites for hydroxylation is 1. The Bertz CT molecular complexity index is 822. The Labute approximate surface area is 119 Å². The molecule has 3 aromatic rings. The average molecular weight is 285 g/mol. The summed E-state index contributed by atoms with van der Waals surface area (Å²) in [6.45, 7) is 1.61. The highest BCUT2D eigenvalue weighted by Crippen LogP contribution is 2.29. The van der Waals surface area contributed by atoms with Gasteiger partial charge in [0.05, 0.1) is 5.56 Å². The second-order valence-electron chi connectivity index (χ2n) is 4.67. The molecule has 3 rings (SSSR count). The Morgan fingerprint density at radius 3 is 2.75 bits per heavy atom. The predicted octanol–water partition coefficient (Wildman–Crippen LogP) is 4.16. The molecule has 0 fully saturated rings. The van der Waals surface area contributed by atoms with E-state index in [1.54, 1.807) is 12.3 Å². The summed E-state index contributed by atoms with van der Waals surface area (Å²) in [4.78, 5) is 12.6. The number of rotatable bonds is 2. The van der Waals surface area contributed by atoms with E-state index < -0.39 is 5.82 Å². The van der Waals surface area contributed by atoms with Gasteiger partial charge in [0.15, 0.2) is 5.78 Å². The molecule has 0 aliphatic heterocycles. The highest BCUT2D eigenvalue weighted by molar-refractivity contribution is 7.17. The normalized spacial score (nSPS) is 10.9. The van der Waals surface area contributed by atoms with Crippen LogP contribution < -0.4 is 5.73 Å². The smallest absolute Gasteiger partial charge is 0.197 e. The van der Waals surface area contributed by atoms with Crippen LogP contribution in [0.4, 0.5) is 10.1 Å². The molecular weight excluding hydrogens is 273 g/mol. The van der Waals surface area contributed by atoms with Crippen LogP contribution in [0.1, 0.15) is 21.5 Å². The molecule has 0 unspecified atom stereocenters. The maximum atomic E-state index is 14.2. The van der Waals surface area contributed by atoms with Gasteiger partial charge in [0.1, 0.15) is 5.82 Å². The van der Waals surface area contributed by atoms with Crippen LogP contribution >= 0.6 is 11.3 Å². The Balaban J connectivity index is 2.18. The van der Waals surface area contributed by atoms with Gasteiger partial charge in [-0.05, 0) is 30.7 Å². The summed E-state index contributed by atoms with van der Waals surface area (Å²) in [5, 5.41) is 2.62. The molecule has 4 heteroatoms. The predicted molar refractivity (Wildman–Crippen MR) is 80.8 cm³/mol. The number of thiophene rings is 1. The Kier molecular flexibility index (Phi) is 3.03. The van der Waals surface area contributed by atoms with Gasteiger partial charge in [-0.3, -0.25) is 4.79 Å². The van der Waals surface area contributed by atoms with Gasteiger partial charge in [-0.1, -0.05) is 18.2 Å². The number of carbonyl (C=O) groups excluding carboxylic acids is 1. The molecule has 0 saturated carbocycles. The van der Waals surface area contributed by atoms with Crippen molar-refractivity contribution in [2.75, 3.05) is 5.73 Å². The second kappa shape index (κ2) is 4.72. The first-order chi connectivity index (χ1) is 9.58. The zero-order valence-corrected chi connectivity index (χ0v) is 11.6.